The first-order chi connectivity index (χ1) is 12.7. The highest BCUT2D eigenvalue weighted by atomic mass is 32.2. The van der Waals surface area contributed by atoms with E-state index in [0.29, 0.717) is 38.2 Å². The highest BCUT2D eigenvalue weighted by molar-refractivity contribution is 7.99. The highest BCUT2D eigenvalue weighted by Gasteiger charge is 2.25. The number of benzene rings is 1. The lowest BCUT2D eigenvalue weighted by Gasteiger charge is -2.34. The van der Waals surface area contributed by atoms with Gasteiger partial charge in [-0.15, -0.1) is 11.8 Å². The number of rotatable bonds is 3. The van der Waals surface area contributed by atoms with Crippen LogP contribution in [0.4, 0.5) is 0 Å². The van der Waals surface area contributed by atoms with Crippen LogP contribution in [0, 0.1) is 0 Å². The Morgan fingerprint density at radius 2 is 1.88 bits per heavy atom. The van der Waals surface area contributed by atoms with E-state index in [9.17, 15) is 9.59 Å². The second kappa shape index (κ2) is 7.58. The molecule has 2 aliphatic heterocycles. The molecule has 0 radical (unpaired) electrons. The molecule has 0 atom stereocenters. The SMILES string of the molecule is O=C(Cc1ccc2c(c1)CCCS2)N1CCN(C(=O)c2cc[nH]c2)CC1. The number of piperazine rings is 1. The molecule has 1 aromatic carbocycles. The molecule has 2 amide bonds. The van der Waals surface area contributed by atoms with E-state index in [-0.39, 0.29) is 11.8 Å². The van der Waals surface area contributed by atoms with E-state index < -0.39 is 0 Å². The van der Waals surface area contributed by atoms with Crippen LogP contribution in [0.25, 0.3) is 0 Å². The predicted molar refractivity (Wildman–Crippen MR) is 102 cm³/mol. The number of hydrogen-bond acceptors (Lipinski definition) is 3. The van der Waals surface area contributed by atoms with Crippen LogP contribution in [0.2, 0.25) is 0 Å². The fourth-order valence-corrected chi connectivity index (χ4v) is 4.63. The topological polar surface area (TPSA) is 56.4 Å². The van der Waals surface area contributed by atoms with Crippen molar-refractivity contribution in [2.45, 2.75) is 24.2 Å². The largest absolute Gasteiger partial charge is 0.367 e. The number of fused-ring (bicyclic) bond motifs is 1. The Labute approximate surface area is 157 Å². The number of thioether (sulfide) groups is 1. The minimum absolute atomic E-state index is 0.0329. The lowest BCUT2D eigenvalue weighted by molar-refractivity contribution is -0.131. The molecular weight excluding hydrogens is 346 g/mol. The molecule has 0 aliphatic carbocycles. The number of nitrogens with one attached hydrogen (secondary N) is 1. The first kappa shape index (κ1) is 17.2. The monoisotopic (exact) mass is 369 g/mol. The van der Waals surface area contributed by atoms with Crippen LogP contribution in [-0.2, 0) is 17.6 Å². The molecule has 1 saturated heterocycles. The van der Waals surface area contributed by atoms with Gasteiger partial charge in [-0.25, -0.2) is 0 Å². The number of carbonyl (C=O) groups excluding carboxylic acids is 2. The summed E-state index contributed by atoms with van der Waals surface area (Å²) in [4.78, 5) is 33.0. The van der Waals surface area contributed by atoms with Gasteiger partial charge in [0.2, 0.25) is 5.91 Å². The van der Waals surface area contributed by atoms with Gasteiger partial charge >= 0.3 is 0 Å². The molecule has 0 saturated carbocycles. The van der Waals surface area contributed by atoms with Crippen LogP contribution in [0.15, 0.2) is 41.6 Å². The molecule has 2 aromatic rings. The molecule has 1 fully saturated rings. The molecule has 6 heteroatoms. The normalized spacial score (nSPS) is 17.1. The number of aryl methyl sites for hydroxylation is 1. The summed E-state index contributed by atoms with van der Waals surface area (Å²) in [6, 6.07) is 8.23. The Morgan fingerprint density at radius 3 is 2.65 bits per heavy atom. The molecule has 0 bridgehead atoms. The molecule has 4 rings (SSSR count). The zero-order valence-electron chi connectivity index (χ0n) is 14.7. The van der Waals surface area contributed by atoms with Crippen molar-refractivity contribution in [3.63, 3.8) is 0 Å². The number of nitrogens with zero attached hydrogens (tertiary/aromatic N) is 2. The molecule has 1 N–H and O–H groups in total. The standard InChI is InChI=1S/C20H23N3O2S/c24-19(13-15-3-4-18-16(12-15)2-1-11-26-18)22-7-9-23(10-8-22)20(25)17-5-6-21-14-17/h3-6,12,14,21H,1-2,7-11,13H2. The van der Waals surface area contributed by atoms with Gasteiger partial charge in [-0.05, 0) is 41.9 Å². The smallest absolute Gasteiger partial charge is 0.255 e. The van der Waals surface area contributed by atoms with Gasteiger partial charge in [0.25, 0.3) is 5.91 Å². The summed E-state index contributed by atoms with van der Waals surface area (Å²) in [6.07, 6.45) is 6.25. The van der Waals surface area contributed by atoms with Gasteiger partial charge in [0.05, 0.1) is 12.0 Å². The zero-order valence-corrected chi connectivity index (χ0v) is 15.6. The van der Waals surface area contributed by atoms with Crippen molar-refractivity contribution < 1.29 is 9.59 Å². The van der Waals surface area contributed by atoms with Crippen molar-refractivity contribution in [2.24, 2.45) is 0 Å². The molecule has 5 nitrogen and oxygen atoms in total. The zero-order chi connectivity index (χ0) is 17.9. The number of amides is 2. The summed E-state index contributed by atoms with van der Waals surface area (Å²) in [6.45, 7) is 2.40. The van der Waals surface area contributed by atoms with E-state index in [1.54, 1.807) is 18.5 Å². The number of aromatic nitrogens is 1. The molecule has 0 unspecified atom stereocenters. The van der Waals surface area contributed by atoms with E-state index in [0.717, 1.165) is 12.0 Å². The third kappa shape index (κ3) is 3.65. The van der Waals surface area contributed by atoms with Gasteiger partial charge in [-0.3, -0.25) is 9.59 Å². The minimum atomic E-state index is 0.0329. The molecule has 136 valence electrons. The second-order valence-corrected chi connectivity index (χ2v) is 7.98. The lowest BCUT2D eigenvalue weighted by Crippen LogP contribution is -2.50. The average molecular weight is 369 g/mol. The van der Waals surface area contributed by atoms with Crippen LogP contribution in [0.1, 0.15) is 27.9 Å². The van der Waals surface area contributed by atoms with Crippen LogP contribution in [0.3, 0.4) is 0 Å². The number of H-pyrrole nitrogens is 1. The molecule has 3 heterocycles. The maximum absolute atomic E-state index is 12.7. The summed E-state index contributed by atoms with van der Waals surface area (Å²) in [5, 5.41) is 0. The molecule has 26 heavy (non-hydrogen) atoms. The lowest BCUT2D eigenvalue weighted by atomic mass is 10.0. The van der Waals surface area contributed by atoms with Crippen LogP contribution in [-0.4, -0.2) is 58.5 Å². The van der Waals surface area contributed by atoms with Crippen molar-refractivity contribution in [3.8, 4) is 0 Å². The van der Waals surface area contributed by atoms with Crippen molar-refractivity contribution >= 4 is 23.6 Å². The maximum atomic E-state index is 12.7. The minimum Gasteiger partial charge on any atom is -0.367 e. The van der Waals surface area contributed by atoms with Crippen LogP contribution in [0.5, 0.6) is 0 Å². The fraction of sp³-hybridized carbons (Fsp3) is 0.400. The van der Waals surface area contributed by atoms with Crippen molar-refractivity contribution in [3.05, 3.63) is 53.3 Å². The van der Waals surface area contributed by atoms with Gasteiger partial charge in [0.1, 0.15) is 0 Å². The first-order valence-electron chi connectivity index (χ1n) is 9.15. The summed E-state index contributed by atoms with van der Waals surface area (Å²) in [5.74, 6) is 1.38. The average Bonchev–Trinajstić information content (AvgIpc) is 3.22. The Hall–Kier alpha value is -2.21. The van der Waals surface area contributed by atoms with Crippen LogP contribution >= 0.6 is 11.8 Å². The predicted octanol–water partition coefficient (Wildman–Crippen LogP) is 2.58. The Balaban J connectivity index is 1.33. The molecular formula is C20H23N3O2S. The molecule has 1 aromatic heterocycles. The third-order valence-electron chi connectivity index (χ3n) is 5.09. The number of aromatic amines is 1. The maximum Gasteiger partial charge on any atom is 0.255 e. The van der Waals surface area contributed by atoms with Crippen molar-refractivity contribution in [1.82, 2.24) is 14.8 Å². The summed E-state index contributed by atoms with van der Waals surface area (Å²) < 4.78 is 0. The molecule has 0 spiro atoms. The molecule has 2 aliphatic rings. The van der Waals surface area contributed by atoms with Crippen molar-refractivity contribution in [2.75, 3.05) is 31.9 Å². The van der Waals surface area contributed by atoms with Gasteiger partial charge in [0.15, 0.2) is 0 Å². The third-order valence-corrected chi connectivity index (χ3v) is 6.29. The fourth-order valence-electron chi connectivity index (χ4n) is 3.61. The Kier molecular flexibility index (Phi) is 5.02. The summed E-state index contributed by atoms with van der Waals surface area (Å²) in [5.41, 5.74) is 3.16. The second-order valence-electron chi connectivity index (χ2n) is 6.84. The van der Waals surface area contributed by atoms with E-state index in [1.807, 2.05) is 21.6 Å². The van der Waals surface area contributed by atoms with Gasteiger partial charge in [-0.1, -0.05) is 12.1 Å². The number of hydrogen-bond donors (Lipinski definition) is 1. The van der Waals surface area contributed by atoms with E-state index in [4.69, 9.17) is 0 Å². The van der Waals surface area contributed by atoms with Crippen molar-refractivity contribution in [1.29, 1.82) is 0 Å². The van der Waals surface area contributed by atoms with Gasteiger partial charge in [-0.2, -0.15) is 0 Å². The van der Waals surface area contributed by atoms with E-state index in [1.165, 1.54) is 22.6 Å². The summed E-state index contributed by atoms with van der Waals surface area (Å²) >= 11 is 1.91. The first-order valence-corrected chi connectivity index (χ1v) is 10.1. The summed E-state index contributed by atoms with van der Waals surface area (Å²) in [7, 11) is 0. The Morgan fingerprint density at radius 1 is 1.08 bits per heavy atom. The Bertz CT molecular complexity index is 795. The van der Waals surface area contributed by atoms with E-state index >= 15 is 0 Å². The number of carbonyl (C=O) groups is 2. The van der Waals surface area contributed by atoms with Gasteiger partial charge < -0.3 is 14.8 Å². The van der Waals surface area contributed by atoms with E-state index in [2.05, 4.69) is 23.2 Å². The highest BCUT2D eigenvalue weighted by Crippen LogP contribution is 2.30. The van der Waals surface area contributed by atoms with Crippen LogP contribution < -0.4 is 0 Å². The quantitative estimate of drug-likeness (QED) is 0.905. The van der Waals surface area contributed by atoms with Gasteiger partial charge in [0, 0.05) is 43.5 Å².